The summed E-state index contributed by atoms with van der Waals surface area (Å²) < 4.78 is 10.2. The fraction of sp³-hybridized carbons (Fsp3) is 0.250. The monoisotopic (exact) mass is 382 g/mol. The Morgan fingerprint density at radius 2 is 2.00 bits per heavy atom. The van der Waals surface area contributed by atoms with Crippen LogP contribution in [-0.4, -0.2) is 35.5 Å². The van der Waals surface area contributed by atoms with Crippen molar-refractivity contribution in [3.8, 4) is 0 Å². The first-order chi connectivity index (χ1) is 13.5. The first-order valence-corrected chi connectivity index (χ1v) is 8.81. The lowest BCUT2D eigenvalue weighted by molar-refractivity contribution is -0.117. The minimum absolute atomic E-state index is 0.147. The largest absolute Gasteiger partial charge is 0.467 e. The molecule has 0 radical (unpaired) electrons. The second kappa shape index (κ2) is 9.01. The van der Waals surface area contributed by atoms with Crippen LogP contribution in [0.2, 0.25) is 0 Å². The van der Waals surface area contributed by atoms with Gasteiger partial charge in [-0.3, -0.25) is 14.5 Å². The third kappa shape index (κ3) is 5.31. The molecule has 146 valence electrons. The van der Waals surface area contributed by atoms with Crippen molar-refractivity contribution in [1.82, 2.24) is 15.4 Å². The number of nitrogens with zero attached hydrogens (tertiary/aromatic N) is 2. The fourth-order valence-electron chi connectivity index (χ4n) is 2.73. The van der Waals surface area contributed by atoms with Gasteiger partial charge in [-0.05, 0) is 38.2 Å². The number of likely N-dealkylation sites (N-methyl/N-ethyl adjacent to an activating group) is 1. The molecule has 3 rings (SSSR count). The number of nitrogens with one attached hydrogen (secondary N) is 2. The molecule has 0 fully saturated rings. The Balaban J connectivity index is 1.57. The van der Waals surface area contributed by atoms with Crippen molar-refractivity contribution in [2.75, 3.05) is 18.9 Å². The summed E-state index contributed by atoms with van der Waals surface area (Å²) in [5, 5.41) is 9.49. The minimum atomic E-state index is -0.293. The molecule has 1 aromatic carbocycles. The second-order valence-corrected chi connectivity index (χ2v) is 6.46. The Kier molecular flexibility index (Phi) is 6.23. The van der Waals surface area contributed by atoms with E-state index in [0.29, 0.717) is 23.6 Å². The lowest BCUT2D eigenvalue weighted by Gasteiger charge is -2.16. The van der Waals surface area contributed by atoms with Gasteiger partial charge in [0.15, 0.2) is 0 Å². The van der Waals surface area contributed by atoms with E-state index in [1.165, 1.54) is 0 Å². The summed E-state index contributed by atoms with van der Waals surface area (Å²) in [5.74, 6) is 0.856. The quantitative estimate of drug-likeness (QED) is 0.621. The van der Waals surface area contributed by atoms with Crippen LogP contribution in [0.5, 0.6) is 0 Å². The van der Waals surface area contributed by atoms with Gasteiger partial charge in [0.2, 0.25) is 5.91 Å². The van der Waals surface area contributed by atoms with Crippen LogP contribution in [0.4, 0.5) is 5.69 Å². The summed E-state index contributed by atoms with van der Waals surface area (Å²) in [6.07, 6.45) is 1.55. The number of amides is 2. The van der Waals surface area contributed by atoms with Gasteiger partial charge in [-0.25, -0.2) is 0 Å². The predicted molar refractivity (Wildman–Crippen MR) is 103 cm³/mol. The van der Waals surface area contributed by atoms with Crippen LogP contribution in [0.3, 0.4) is 0 Å². The fourth-order valence-corrected chi connectivity index (χ4v) is 2.73. The first kappa shape index (κ1) is 19.4. The number of furan rings is 1. The van der Waals surface area contributed by atoms with E-state index in [-0.39, 0.29) is 24.9 Å². The molecule has 3 aromatic rings. The van der Waals surface area contributed by atoms with Crippen molar-refractivity contribution in [2.24, 2.45) is 0 Å². The van der Waals surface area contributed by atoms with E-state index >= 15 is 0 Å². The summed E-state index contributed by atoms with van der Waals surface area (Å²) >= 11 is 0. The van der Waals surface area contributed by atoms with Gasteiger partial charge in [0, 0.05) is 12.6 Å². The molecule has 0 aliphatic heterocycles. The maximum Gasteiger partial charge on any atom is 0.253 e. The van der Waals surface area contributed by atoms with E-state index in [0.717, 1.165) is 11.5 Å². The zero-order valence-corrected chi connectivity index (χ0v) is 15.8. The van der Waals surface area contributed by atoms with Crippen LogP contribution in [0.15, 0.2) is 57.7 Å². The van der Waals surface area contributed by atoms with E-state index in [2.05, 4.69) is 15.8 Å². The maximum atomic E-state index is 12.5. The Labute approximate surface area is 162 Å². The molecule has 2 heterocycles. The molecule has 0 saturated carbocycles. The highest BCUT2D eigenvalue weighted by molar-refractivity contribution is 6.04. The van der Waals surface area contributed by atoms with Crippen molar-refractivity contribution in [3.63, 3.8) is 0 Å². The van der Waals surface area contributed by atoms with Gasteiger partial charge in [-0.15, -0.1) is 0 Å². The van der Waals surface area contributed by atoms with Gasteiger partial charge in [0.05, 0.1) is 36.3 Å². The van der Waals surface area contributed by atoms with Gasteiger partial charge in [0.25, 0.3) is 5.91 Å². The Bertz CT molecular complexity index is 933. The predicted octanol–water partition coefficient (Wildman–Crippen LogP) is 2.58. The first-order valence-electron chi connectivity index (χ1n) is 8.81. The van der Waals surface area contributed by atoms with E-state index < -0.39 is 0 Å². The van der Waals surface area contributed by atoms with Gasteiger partial charge in [0.1, 0.15) is 11.5 Å². The number of anilines is 1. The summed E-state index contributed by atoms with van der Waals surface area (Å²) in [5.41, 5.74) is 1.60. The van der Waals surface area contributed by atoms with Crippen LogP contribution in [0, 0.1) is 6.92 Å². The third-order valence-electron chi connectivity index (χ3n) is 3.97. The second-order valence-electron chi connectivity index (χ2n) is 6.46. The molecule has 0 aliphatic rings. The number of hydrogen-bond acceptors (Lipinski definition) is 6. The number of aryl methyl sites for hydroxylation is 1. The van der Waals surface area contributed by atoms with Gasteiger partial charge < -0.3 is 19.6 Å². The smallest absolute Gasteiger partial charge is 0.253 e. The number of para-hydroxylation sites is 1. The molecule has 2 N–H and O–H groups in total. The number of benzene rings is 1. The molecule has 0 saturated heterocycles. The van der Waals surface area contributed by atoms with Crippen LogP contribution < -0.4 is 10.6 Å². The van der Waals surface area contributed by atoms with Crippen LogP contribution >= 0.6 is 0 Å². The molecule has 8 heteroatoms. The number of aromatic nitrogens is 1. The molecule has 0 bridgehead atoms. The van der Waals surface area contributed by atoms with Crippen molar-refractivity contribution in [2.45, 2.75) is 20.0 Å². The normalized spacial score (nSPS) is 10.8. The zero-order valence-electron chi connectivity index (χ0n) is 15.8. The van der Waals surface area contributed by atoms with Crippen molar-refractivity contribution in [3.05, 3.63) is 71.5 Å². The molecular formula is C20H22N4O4. The summed E-state index contributed by atoms with van der Waals surface area (Å²) in [6, 6.07) is 12.2. The Morgan fingerprint density at radius 1 is 1.18 bits per heavy atom. The van der Waals surface area contributed by atoms with Crippen molar-refractivity contribution < 1.29 is 18.5 Å². The van der Waals surface area contributed by atoms with Crippen LogP contribution in [0.25, 0.3) is 0 Å². The summed E-state index contributed by atoms with van der Waals surface area (Å²) in [7, 11) is 1.81. The average molecular weight is 382 g/mol. The van der Waals surface area contributed by atoms with E-state index in [1.807, 2.05) is 24.9 Å². The molecule has 0 unspecified atom stereocenters. The molecule has 8 nitrogen and oxygen atoms in total. The van der Waals surface area contributed by atoms with Crippen molar-refractivity contribution in [1.29, 1.82) is 0 Å². The summed E-state index contributed by atoms with van der Waals surface area (Å²) in [6.45, 7) is 2.72. The van der Waals surface area contributed by atoms with Gasteiger partial charge in [-0.1, -0.05) is 17.3 Å². The number of carbonyl (C=O) groups is 2. The standard InChI is InChI=1S/C20H22N4O4/c1-14-10-15(23-28-14)12-24(2)13-19(25)22-18-8-4-3-7-17(18)20(26)21-11-16-6-5-9-27-16/h3-10H,11-13H2,1-2H3,(H,21,26)(H,22,25). The molecule has 2 amide bonds. The highest BCUT2D eigenvalue weighted by Crippen LogP contribution is 2.15. The summed E-state index contributed by atoms with van der Waals surface area (Å²) in [4.78, 5) is 26.7. The SMILES string of the molecule is Cc1cc(CN(C)CC(=O)Nc2ccccc2C(=O)NCc2ccco2)no1. The molecule has 2 aromatic heterocycles. The zero-order chi connectivity index (χ0) is 19.9. The molecule has 0 atom stereocenters. The van der Waals surface area contributed by atoms with E-state index in [9.17, 15) is 9.59 Å². The van der Waals surface area contributed by atoms with Crippen LogP contribution in [-0.2, 0) is 17.9 Å². The number of rotatable bonds is 8. The lowest BCUT2D eigenvalue weighted by Crippen LogP contribution is -2.31. The molecule has 28 heavy (non-hydrogen) atoms. The molecule has 0 aliphatic carbocycles. The molecule has 0 spiro atoms. The van der Waals surface area contributed by atoms with E-state index in [1.54, 1.807) is 42.7 Å². The third-order valence-corrected chi connectivity index (χ3v) is 3.97. The lowest BCUT2D eigenvalue weighted by atomic mass is 10.1. The minimum Gasteiger partial charge on any atom is -0.467 e. The highest BCUT2D eigenvalue weighted by Gasteiger charge is 2.15. The van der Waals surface area contributed by atoms with Crippen molar-refractivity contribution >= 4 is 17.5 Å². The number of carbonyl (C=O) groups excluding carboxylic acids is 2. The topological polar surface area (TPSA) is 101 Å². The van der Waals surface area contributed by atoms with Gasteiger partial charge in [-0.2, -0.15) is 0 Å². The van der Waals surface area contributed by atoms with Gasteiger partial charge >= 0.3 is 0 Å². The van der Waals surface area contributed by atoms with Crippen LogP contribution in [0.1, 0.15) is 27.6 Å². The number of hydrogen-bond donors (Lipinski definition) is 2. The van der Waals surface area contributed by atoms with E-state index in [4.69, 9.17) is 8.94 Å². The Hall–Kier alpha value is -3.39. The molecular weight excluding hydrogens is 360 g/mol. The highest BCUT2D eigenvalue weighted by atomic mass is 16.5. The maximum absolute atomic E-state index is 12.5. The average Bonchev–Trinajstić information content (AvgIpc) is 3.31. The Morgan fingerprint density at radius 3 is 2.71 bits per heavy atom.